The van der Waals surface area contributed by atoms with Crippen LogP contribution in [0.1, 0.15) is 54.4 Å². The molecule has 1 unspecified atom stereocenters. The highest BCUT2D eigenvalue weighted by Crippen LogP contribution is 2.42. The van der Waals surface area contributed by atoms with E-state index >= 15 is 0 Å². The first-order valence-corrected chi connectivity index (χ1v) is 8.72. The molecule has 0 amide bonds. The Labute approximate surface area is 144 Å². The maximum atomic E-state index is 12.7. The lowest BCUT2D eigenvalue weighted by Gasteiger charge is -2.25. The molecule has 1 atom stereocenters. The second-order valence-electron chi connectivity index (χ2n) is 6.53. The van der Waals surface area contributed by atoms with Crippen LogP contribution in [0.2, 0.25) is 0 Å². The molecule has 1 fully saturated rings. The minimum atomic E-state index is -4.33. The van der Waals surface area contributed by atoms with Gasteiger partial charge in [-0.15, -0.1) is 11.6 Å². The summed E-state index contributed by atoms with van der Waals surface area (Å²) in [4.78, 5) is 0. The van der Waals surface area contributed by atoms with Gasteiger partial charge in [-0.3, -0.25) is 0 Å². The maximum absolute atomic E-state index is 12.7. The van der Waals surface area contributed by atoms with Gasteiger partial charge >= 0.3 is 6.18 Å². The van der Waals surface area contributed by atoms with E-state index in [0.29, 0.717) is 17.2 Å². The summed E-state index contributed by atoms with van der Waals surface area (Å²) in [5, 5.41) is -0.173. The van der Waals surface area contributed by atoms with Crippen LogP contribution in [0.4, 0.5) is 13.2 Å². The molecule has 5 heteroatoms. The van der Waals surface area contributed by atoms with E-state index in [1.807, 2.05) is 13.0 Å². The predicted octanol–water partition coefficient (Wildman–Crippen LogP) is 7.13. The SMILES string of the molecule is Cc1cc(-c2ccc(C(F)(F)F)cc2)oc1C(Cl)C1CCCCC1. The van der Waals surface area contributed by atoms with Gasteiger partial charge in [0.25, 0.3) is 0 Å². The molecule has 3 rings (SSSR count). The van der Waals surface area contributed by atoms with Crippen LogP contribution in [0, 0.1) is 12.8 Å². The molecule has 2 aromatic rings. The van der Waals surface area contributed by atoms with Gasteiger partial charge in [-0.25, -0.2) is 0 Å². The summed E-state index contributed by atoms with van der Waals surface area (Å²) >= 11 is 6.63. The molecule has 130 valence electrons. The summed E-state index contributed by atoms with van der Waals surface area (Å²) in [6, 6.07) is 6.89. The lowest BCUT2D eigenvalue weighted by Crippen LogP contribution is -2.12. The Bertz CT molecular complexity index is 682. The van der Waals surface area contributed by atoms with Crippen LogP contribution in [0.15, 0.2) is 34.7 Å². The van der Waals surface area contributed by atoms with Crippen LogP contribution in [-0.2, 0) is 6.18 Å². The Morgan fingerprint density at radius 2 is 1.71 bits per heavy atom. The summed E-state index contributed by atoms with van der Waals surface area (Å²) in [6.45, 7) is 1.94. The third kappa shape index (κ3) is 3.64. The van der Waals surface area contributed by atoms with Gasteiger partial charge in [-0.1, -0.05) is 31.4 Å². The fraction of sp³-hybridized carbons (Fsp3) is 0.474. The Hall–Kier alpha value is -1.42. The van der Waals surface area contributed by atoms with Crippen molar-refractivity contribution in [1.82, 2.24) is 0 Å². The van der Waals surface area contributed by atoms with Crippen LogP contribution in [0.3, 0.4) is 0 Å². The number of alkyl halides is 4. The van der Waals surface area contributed by atoms with Crippen LogP contribution in [0.25, 0.3) is 11.3 Å². The Morgan fingerprint density at radius 1 is 1.08 bits per heavy atom. The zero-order valence-corrected chi connectivity index (χ0v) is 14.3. The van der Waals surface area contributed by atoms with Crippen molar-refractivity contribution in [2.45, 2.75) is 50.6 Å². The van der Waals surface area contributed by atoms with Gasteiger partial charge in [0.05, 0.1) is 10.9 Å². The average molecular weight is 357 g/mol. The van der Waals surface area contributed by atoms with Crippen molar-refractivity contribution in [3.8, 4) is 11.3 Å². The predicted molar refractivity (Wildman–Crippen MR) is 89.1 cm³/mol. The molecule has 1 aromatic carbocycles. The van der Waals surface area contributed by atoms with Gasteiger partial charge in [0.2, 0.25) is 0 Å². The van der Waals surface area contributed by atoms with E-state index in [4.69, 9.17) is 16.0 Å². The first-order chi connectivity index (χ1) is 11.4. The van der Waals surface area contributed by atoms with Gasteiger partial charge in [0, 0.05) is 5.56 Å². The average Bonchev–Trinajstić information content (AvgIpc) is 2.96. The van der Waals surface area contributed by atoms with E-state index in [0.717, 1.165) is 36.3 Å². The summed E-state index contributed by atoms with van der Waals surface area (Å²) in [5.41, 5.74) is 0.924. The minimum Gasteiger partial charge on any atom is -0.459 e. The zero-order valence-electron chi connectivity index (χ0n) is 13.5. The summed E-state index contributed by atoms with van der Waals surface area (Å²) in [6.07, 6.45) is 1.52. The molecule has 1 aliphatic carbocycles. The van der Waals surface area contributed by atoms with E-state index < -0.39 is 11.7 Å². The molecule has 1 aliphatic rings. The van der Waals surface area contributed by atoms with E-state index in [-0.39, 0.29) is 5.38 Å². The zero-order chi connectivity index (χ0) is 17.3. The quantitative estimate of drug-likeness (QED) is 0.533. The van der Waals surface area contributed by atoms with E-state index in [1.165, 1.54) is 31.4 Å². The second kappa shape index (κ2) is 6.83. The van der Waals surface area contributed by atoms with Gasteiger partial charge in [0.1, 0.15) is 11.5 Å². The summed E-state index contributed by atoms with van der Waals surface area (Å²) in [7, 11) is 0. The van der Waals surface area contributed by atoms with Crippen LogP contribution < -0.4 is 0 Å². The van der Waals surface area contributed by atoms with Crippen LogP contribution in [0.5, 0.6) is 0 Å². The Kier molecular flexibility index (Phi) is 4.95. The van der Waals surface area contributed by atoms with E-state index in [1.54, 1.807) is 0 Å². The van der Waals surface area contributed by atoms with Crippen molar-refractivity contribution in [1.29, 1.82) is 0 Å². The number of hydrogen-bond acceptors (Lipinski definition) is 1. The first kappa shape index (κ1) is 17.4. The highest BCUT2D eigenvalue weighted by Gasteiger charge is 2.30. The van der Waals surface area contributed by atoms with Gasteiger partial charge in [-0.2, -0.15) is 13.2 Å². The standard InChI is InChI=1S/C19H20ClF3O/c1-12-11-16(13-7-9-15(10-8-13)19(21,22)23)24-18(12)17(20)14-5-3-2-4-6-14/h7-11,14,17H,2-6H2,1H3. The number of halogens is 4. The highest BCUT2D eigenvalue weighted by molar-refractivity contribution is 6.20. The molecule has 0 saturated heterocycles. The van der Waals surface area contributed by atoms with Crippen molar-refractivity contribution in [2.75, 3.05) is 0 Å². The topological polar surface area (TPSA) is 13.1 Å². The molecule has 1 aromatic heterocycles. The maximum Gasteiger partial charge on any atom is 0.416 e. The summed E-state index contributed by atoms with van der Waals surface area (Å²) < 4.78 is 43.9. The van der Waals surface area contributed by atoms with Gasteiger partial charge < -0.3 is 4.42 Å². The van der Waals surface area contributed by atoms with Crippen molar-refractivity contribution in [3.63, 3.8) is 0 Å². The van der Waals surface area contributed by atoms with Crippen LogP contribution in [-0.4, -0.2) is 0 Å². The molecule has 1 heterocycles. The molecule has 0 radical (unpaired) electrons. The van der Waals surface area contributed by atoms with Crippen LogP contribution >= 0.6 is 11.6 Å². The molecule has 1 nitrogen and oxygen atoms in total. The lowest BCUT2D eigenvalue weighted by atomic mass is 9.85. The van der Waals surface area contributed by atoms with Crippen molar-refractivity contribution >= 4 is 11.6 Å². The fourth-order valence-corrected chi connectivity index (χ4v) is 3.85. The highest BCUT2D eigenvalue weighted by atomic mass is 35.5. The van der Waals surface area contributed by atoms with Crippen molar-refractivity contribution in [2.24, 2.45) is 5.92 Å². The van der Waals surface area contributed by atoms with Gasteiger partial charge in [-0.05, 0) is 49.4 Å². The number of aryl methyl sites for hydroxylation is 1. The monoisotopic (exact) mass is 356 g/mol. The van der Waals surface area contributed by atoms with E-state index in [2.05, 4.69) is 0 Å². The molecular weight excluding hydrogens is 337 g/mol. The first-order valence-electron chi connectivity index (χ1n) is 8.28. The third-order valence-electron chi connectivity index (χ3n) is 4.77. The lowest BCUT2D eigenvalue weighted by molar-refractivity contribution is -0.137. The Balaban J connectivity index is 1.83. The fourth-order valence-electron chi connectivity index (χ4n) is 3.38. The molecule has 24 heavy (non-hydrogen) atoms. The van der Waals surface area contributed by atoms with E-state index in [9.17, 15) is 13.2 Å². The molecule has 0 N–H and O–H groups in total. The van der Waals surface area contributed by atoms with Crippen molar-refractivity contribution in [3.05, 3.63) is 47.2 Å². The number of hydrogen-bond donors (Lipinski definition) is 0. The molecule has 0 bridgehead atoms. The minimum absolute atomic E-state index is 0.173. The second-order valence-corrected chi connectivity index (χ2v) is 7.00. The molecule has 0 aliphatic heterocycles. The number of rotatable bonds is 3. The normalized spacial score (nSPS) is 17.9. The molecule has 0 spiro atoms. The third-order valence-corrected chi connectivity index (χ3v) is 5.32. The smallest absolute Gasteiger partial charge is 0.416 e. The number of furan rings is 1. The summed E-state index contributed by atoms with van der Waals surface area (Å²) in [5.74, 6) is 1.72. The largest absolute Gasteiger partial charge is 0.459 e. The van der Waals surface area contributed by atoms with Crippen molar-refractivity contribution < 1.29 is 17.6 Å². The number of benzene rings is 1. The van der Waals surface area contributed by atoms with Gasteiger partial charge in [0.15, 0.2) is 0 Å². The Morgan fingerprint density at radius 3 is 2.29 bits per heavy atom. The molecule has 1 saturated carbocycles. The molecular formula is C19H20ClF3O.